The molecular formula is C23H22BrN3O4. The molecule has 31 heavy (non-hydrogen) atoms. The van der Waals surface area contributed by atoms with Gasteiger partial charge in [-0.05, 0) is 43.2 Å². The van der Waals surface area contributed by atoms with Crippen molar-refractivity contribution in [3.63, 3.8) is 0 Å². The molecule has 0 unspecified atom stereocenters. The topological polar surface area (TPSA) is 91.7 Å². The zero-order valence-electron chi connectivity index (χ0n) is 17.3. The number of benzene rings is 2. The number of hydrogen-bond donors (Lipinski definition) is 1. The molecule has 1 heterocycles. The van der Waals surface area contributed by atoms with Crippen molar-refractivity contribution < 1.29 is 19.1 Å². The Hall–Kier alpha value is -3.31. The molecule has 1 aliphatic heterocycles. The van der Waals surface area contributed by atoms with Crippen LogP contribution in [-0.4, -0.2) is 30.0 Å². The number of urea groups is 1. The minimum absolute atomic E-state index is 0.206. The van der Waals surface area contributed by atoms with Gasteiger partial charge in [-0.15, -0.1) is 0 Å². The number of carbonyl (C=O) groups excluding carboxylic acids is 2. The van der Waals surface area contributed by atoms with Crippen LogP contribution in [0.3, 0.4) is 0 Å². The Bertz CT molecular complexity index is 1070. The fourth-order valence-electron chi connectivity index (χ4n) is 3.11. The predicted octanol–water partition coefficient (Wildman–Crippen LogP) is 4.60. The van der Waals surface area contributed by atoms with E-state index in [4.69, 9.17) is 9.47 Å². The largest absolute Gasteiger partial charge is 0.490 e. The molecule has 160 valence electrons. The summed E-state index contributed by atoms with van der Waals surface area (Å²) in [5, 5.41) is 11.9. The molecule has 0 radical (unpaired) electrons. The van der Waals surface area contributed by atoms with E-state index in [2.05, 4.69) is 27.3 Å². The van der Waals surface area contributed by atoms with Gasteiger partial charge in [0, 0.05) is 16.6 Å². The minimum Gasteiger partial charge on any atom is -0.490 e. The van der Waals surface area contributed by atoms with Crippen LogP contribution in [-0.2, 0) is 11.4 Å². The van der Waals surface area contributed by atoms with E-state index in [-0.39, 0.29) is 18.2 Å². The third-order valence-electron chi connectivity index (χ3n) is 4.59. The number of carbonyl (C=O) groups is 2. The van der Waals surface area contributed by atoms with Crippen LogP contribution in [0.1, 0.15) is 37.0 Å². The lowest BCUT2D eigenvalue weighted by Gasteiger charge is -2.15. The molecule has 0 saturated carbocycles. The molecule has 2 aromatic carbocycles. The second-order valence-corrected chi connectivity index (χ2v) is 7.61. The molecule has 1 saturated heterocycles. The first kappa shape index (κ1) is 22.4. The first-order valence-corrected chi connectivity index (χ1v) is 10.7. The molecule has 0 bridgehead atoms. The molecule has 0 aliphatic carbocycles. The third-order valence-corrected chi connectivity index (χ3v) is 5.28. The summed E-state index contributed by atoms with van der Waals surface area (Å²) in [6, 6.07) is 12.5. The molecule has 1 fully saturated rings. The number of amides is 3. The van der Waals surface area contributed by atoms with Gasteiger partial charge in [0.2, 0.25) is 0 Å². The molecular weight excluding hydrogens is 462 g/mol. The van der Waals surface area contributed by atoms with Gasteiger partial charge in [0.05, 0.1) is 18.2 Å². The maximum absolute atomic E-state index is 12.5. The highest BCUT2D eigenvalue weighted by Gasteiger charge is 2.32. The molecule has 0 atom stereocenters. The third kappa shape index (κ3) is 5.06. The molecule has 8 heteroatoms. The lowest BCUT2D eigenvalue weighted by molar-refractivity contribution is -0.122. The van der Waals surface area contributed by atoms with Crippen LogP contribution in [0.4, 0.5) is 4.79 Å². The van der Waals surface area contributed by atoms with Crippen molar-refractivity contribution in [2.75, 3.05) is 13.2 Å². The van der Waals surface area contributed by atoms with Gasteiger partial charge >= 0.3 is 6.03 Å². The molecule has 0 spiro atoms. The normalized spacial score (nSPS) is 14.5. The number of halogens is 1. The molecule has 2 aromatic rings. The van der Waals surface area contributed by atoms with Crippen molar-refractivity contribution >= 4 is 33.9 Å². The highest BCUT2D eigenvalue weighted by atomic mass is 79.9. The smallest absolute Gasteiger partial charge is 0.329 e. The van der Waals surface area contributed by atoms with Crippen LogP contribution in [0, 0.1) is 11.3 Å². The van der Waals surface area contributed by atoms with E-state index in [0.717, 1.165) is 5.56 Å². The van der Waals surface area contributed by atoms with Crippen molar-refractivity contribution in [2.24, 2.45) is 0 Å². The maximum Gasteiger partial charge on any atom is 0.329 e. The van der Waals surface area contributed by atoms with Crippen LogP contribution < -0.4 is 14.8 Å². The average molecular weight is 484 g/mol. The first-order chi connectivity index (χ1) is 15.0. The molecule has 7 nitrogen and oxygen atoms in total. The van der Waals surface area contributed by atoms with Crippen LogP contribution in [0.5, 0.6) is 11.5 Å². The van der Waals surface area contributed by atoms with Crippen LogP contribution in [0.25, 0.3) is 6.08 Å². The molecule has 1 N–H and O–H groups in total. The Labute approximate surface area is 189 Å². The predicted molar refractivity (Wildman–Crippen MR) is 119 cm³/mol. The van der Waals surface area contributed by atoms with Gasteiger partial charge in [-0.1, -0.05) is 41.1 Å². The van der Waals surface area contributed by atoms with E-state index >= 15 is 0 Å². The number of nitrogens with one attached hydrogen (secondary N) is 1. The summed E-state index contributed by atoms with van der Waals surface area (Å²) in [6.45, 7) is 4.75. The monoisotopic (exact) mass is 483 g/mol. The molecule has 1 aliphatic rings. The highest BCUT2D eigenvalue weighted by molar-refractivity contribution is 9.10. The lowest BCUT2D eigenvalue weighted by Crippen LogP contribution is -2.31. The zero-order valence-corrected chi connectivity index (χ0v) is 18.9. The summed E-state index contributed by atoms with van der Waals surface area (Å²) >= 11 is 3.50. The summed E-state index contributed by atoms with van der Waals surface area (Å²) < 4.78 is 12.3. The van der Waals surface area contributed by atoms with E-state index < -0.39 is 6.03 Å². The van der Waals surface area contributed by atoms with Crippen molar-refractivity contribution in [1.82, 2.24) is 10.2 Å². The summed E-state index contributed by atoms with van der Waals surface area (Å²) in [6.07, 6.45) is 2.29. The molecule has 3 rings (SSSR count). The van der Waals surface area contributed by atoms with E-state index in [1.807, 2.05) is 26.0 Å². The number of ether oxygens (including phenoxy) is 2. The number of nitriles is 1. The Kier molecular flexibility index (Phi) is 7.32. The van der Waals surface area contributed by atoms with Gasteiger partial charge < -0.3 is 14.8 Å². The maximum atomic E-state index is 12.5. The van der Waals surface area contributed by atoms with Crippen molar-refractivity contribution in [1.29, 1.82) is 5.26 Å². The second-order valence-electron chi connectivity index (χ2n) is 6.76. The lowest BCUT2D eigenvalue weighted by atomic mass is 10.1. The SMILES string of the molecule is CCCN1C(=O)N/C(=C/c2cc(OCC)c(OCc3ccccc3C#N)cc2Br)C1=O. The van der Waals surface area contributed by atoms with Gasteiger partial charge in [-0.3, -0.25) is 9.69 Å². The molecule has 3 amide bonds. The molecule has 0 aromatic heterocycles. The Morgan fingerprint density at radius 1 is 1.16 bits per heavy atom. The van der Waals surface area contributed by atoms with Gasteiger partial charge in [-0.2, -0.15) is 5.26 Å². The fourth-order valence-corrected chi connectivity index (χ4v) is 3.54. The highest BCUT2D eigenvalue weighted by Crippen LogP contribution is 2.36. The van der Waals surface area contributed by atoms with Crippen molar-refractivity contribution in [2.45, 2.75) is 26.9 Å². The summed E-state index contributed by atoms with van der Waals surface area (Å²) in [5.74, 6) is 0.636. The van der Waals surface area contributed by atoms with Crippen LogP contribution in [0.15, 0.2) is 46.6 Å². The van der Waals surface area contributed by atoms with E-state index in [1.54, 1.807) is 30.3 Å². The van der Waals surface area contributed by atoms with E-state index in [9.17, 15) is 14.9 Å². The standard InChI is InChI=1S/C23H22BrN3O4/c1-3-9-27-22(28)19(26-23(27)29)10-17-11-20(30-4-2)21(12-18(17)24)31-14-16-8-6-5-7-15(16)13-25/h5-8,10-12H,3-4,9,14H2,1-2H3,(H,26,29)/b19-10+. The van der Waals surface area contributed by atoms with Crippen molar-refractivity contribution in [3.05, 3.63) is 63.3 Å². The quantitative estimate of drug-likeness (QED) is 0.437. The zero-order chi connectivity index (χ0) is 22.4. The summed E-state index contributed by atoms with van der Waals surface area (Å²) in [7, 11) is 0. The van der Waals surface area contributed by atoms with Crippen LogP contribution >= 0.6 is 15.9 Å². The Morgan fingerprint density at radius 2 is 1.90 bits per heavy atom. The number of rotatable bonds is 8. The van der Waals surface area contributed by atoms with Crippen LogP contribution in [0.2, 0.25) is 0 Å². The number of nitrogens with zero attached hydrogens (tertiary/aromatic N) is 2. The first-order valence-electron chi connectivity index (χ1n) is 9.90. The van der Waals surface area contributed by atoms with Crippen molar-refractivity contribution in [3.8, 4) is 17.6 Å². The van der Waals surface area contributed by atoms with E-state index in [1.165, 1.54) is 4.90 Å². The Morgan fingerprint density at radius 3 is 2.61 bits per heavy atom. The van der Waals surface area contributed by atoms with Gasteiger partial charge in [0.25, 0.3) is 5.91 Å². The van der Waals surface area contributed by atoms with Gasteiger partial charge in [-0.25, -0.2) is 4.79 Å². The summed E-state index contributed by atoms with van der Waals surface area (Å²) in [5.41, 5.74) is 2.19. The fraction of sp³-hybridized carbons (Fsp3) is 0.261. The second kappa shape index (κ2) is 10.1. The van der Waals surface area contributed by atoms with Gasteiger partial charge in [0.15, 0.2) is 11.5 Å². The summed E-state index contributed by atoms with van der Waals surface area (Å²) in [4.78, 5) is 25.7. The number of imide groups is 1. The minimum atomic E-state index is -0.421. The number of hydrogen-bond acceptors (Lipinski definition) is 5. The Balaban J connectivity index is 1.88. The average Bonchev–Trinajstić information content (AvgIpc) is 3.03. The van der Waals surface area contributed by atoms with E-state index in [0.29, 0.717) is 46.7 Å². The van der Waals surface area contributed by atoms with Gasteiger partial charge in [0.1, 0.15) is 12.3 Å².